The Hall–Kier alpha value is -2.57. The van der Waals surface area contributed by atoms with Crippen LogP contribution in [-0.2, 0) is 6.54 Å². The summed E-state index contributed by atoms with van der Waals surface area (Å²) in [6, 6.07) is 17.2. The number of thiophene rings is 1. The van der Waals surface area contributed by atoms with E-state index in [0.29, 0.717) is 19.0 Å². The first-order chi connectivity index (χ1) is 12.7. The molecule has 1 heterocycles. The number of hydrogen-bond acceptors (Lipinski definition) is 4. The van der Waals surface area contributed by atoms with Crippen LogP contribution in [0.3, 0.4) is 0 Å². The van der Waals surface area contributed by atoms with Crippen LogP contribution in [0.2, 0.25) is 0 Å². The lowest BCUT2D eigenvalue weighted by Gasteiger charge is -2.14. The van der Waals surface area contributed by atoms with Crippen LogP contribution in [0, 0.1) is 0 Å². The molecule has 5 nitrogen and oxygen atoms in total. The summed E-state index contributed by atoms with van der Waals surface area (Å²) in [7, 11) is 0. The zero-order valence-corrected chi connectivity index (χ0v) is 15.5. The summed E-state index contributed by atoms with van der Waals surface area (Å²) in [4.78, 5) is 5.44. The van der Waals surface area contributed by atoms with E-state index in [0.717, 1.165) is 22.4 Å². The number of phenolic OH excluding ortho intramolecular Hbond substituents is 1. The molecular formula is C20H23N3O2S. The van der Waals surface area contributed by atoms with Crippen LogP contribution in [0.5, 0.6) is 5.75 Å². The van der Waals surface area contributed by atoms with Gasteiger partial charge in [-0.15, -0.1) is 11.3 Å². The normalized spacial score (nSPS) is 12.9. The number of rotatable bonds is 6. The first kappa shape index (κ1) is 18.2. The summed E-state index contributed by atoms with van der Waals surface area (Å²) >= 11 is 1.60. The highest BCUT2D eigenvalue weighted by Gasteiger charge is 2.12. The largest absolute Gasteiger partial charge is 0.508 e. The molecule has 1 atom stereocenters. The topological polar surface area (TPSA) is 76.9 Å². The van der Waals surface area contributed by atoms with Crippen molar-refractivity contribution < 1.29 is 10.2 Å². The fourth-order valence-electron chi connectivity index (χ4n) is 2.63. The number of aliphatic hydroxyl groups is 1. The van der Waals surface area contributed by atoms with Crippen LogP contribution >= 0.6 is 11.3 Å². The van der Waals surface area contributed by atoms with Gasteiger partial charge < -0.3 is 20.8 Å². The van der Waals surface area contributed by atoms with Gasteiger partial charge in [0.2, 0.25) is 0 Å². The lowest BCUT2D eigenvalue weighted by atomic mass is 10.2. The highest BCUT2D eigenvalue weighted by molar-refractivity contribution is 7.19. The highest BCUT2D eigenvalue weighted by atomic mass is 32.1. The number of aliphatic hydroxyl groups excluding tert-OH is 1. The zero-order chi connectivity index (χ0) is 18.4. The van der Waals surface area contributed by atoms with Crippen molar-refractivity contribution in [3.63, 3.8) is 0 Å². The van der Waals surface area contributed by atoms with Crippen molar-refractivity contribution in [2.45, 2.75) is 19.6 Å². The second kappa shape index (κ2) is 8.69. The lowest BCUT2D eigenvalue weighted by molar-refractivity contribution is 0.184. The van der Waals surface area contributed by atoms with Crippen molar-refractivity contribution in [3.8, 4) is 5.75 Å². The number of phenols is 1. The van der Waals surface area contributed by atoms with Gasteiger partial charge in [-0.25, -0.2) is 4.99 Å². The van der Waals surface area contributed by atoms with Gasteiger partial charge in [0.05, 0.1) is 6.54 Å². The fourth-order valence-corrected chi connectivity index (χ4v) is 3.68. The van der Waals surface area contributed by atoms with Gasteiger partial charge in [0.15, 0.2) is 5.96 Å². The summed E-state index contributed by atoms with van der Waals surface area (Å²) in [5.74, 6) is 0.867. The Bertz CT molecular complexity index is 858. The Labute approximate surface area is 157 Å². The highest BCUT2D eigenvalue weighted by Crippen LogP contribution is 2.29. The molecule has 0 aliphatic carbocycles. The van der Waals surface area contributed by atoms with Crippen LogP contribution in [0.4, 0.5) is 0 Å². The third-order valence-corrected chi connectivity index (χ3v) is 5.13. The third-order valence-electron chi connectivity index (χ3n) is 3.91. The molecule has 4 N–H and O–H groups in total. The van der Waals surface area contributed by atoms with Gasteiger partial charge in [-0.1, -0.05) is 30.3 Å². The van der Waals surface area contributed by atoms with Gasteiger partial charge in [-0.05, 0) is 42.1 Å². The molecule has 0 radical (unpaired) electrons. The van der Waals surface area contributed by atoms with E-state index in [4.69, 9.17) is 0 Å². The number of aromatic hydroxyl groups is 1. The first-order valence-corrected chi connectivity index (χ1v) is 9.44. The maximum Gasteiger partial charge on any atom is 0.191 e. The standard InChI is InChI=1S/C20H23N3O2S/c1-2-21-20(22-12-14-6-5-8-16(24)10-14)23-13-17(25)19-11-15-7-3-4-9-18(15)26-19/h3-11,17,24-25H,2,12-13H2,1H3,(H2,21,22,23). The van der Waals surface area contributed by atoms with Crippen molar-refractivity contribution >= 4 is 27.4 Å². The van der Waals surface area contributed by atoms with E-state index in [9.17, 15) is 10.2 Å². The molecule has 0 saturated carbocycles. The molecule has 0 fully saturated rings. The Kier molecular flexibility index (Phi) is 6.09. The second-order valence-electron chi connectivity index (χ2n) is 5.95. The van der Waals surface area contributed by atoms with Crippen LogP contribution in [0.25, 0.3) is 10.1 Å². The minimum absolute atomic E-state index is 0.232. The average Bonchev–Trinajstić information content (AvgIpc) is 3.08. The zero-order valence-electron chi connectivity index (χ0n) is 14.6. The summed E-state index contributed by atoms with van der Waals surface area (Å²) in [6.07, 6.45) is -0.600. The van der Waals surface area contributed by atoms with E-state index in [-0.39, 0.29) is 5.75 Å². The van der Waals surface area contributed by atoms with Crippen molar-refractivity contribution in [2.75, 3.05) is 13.1 Å². The number of fused-ring (bicyclic) bond motifs is 1. The summed E-state index contributed by atoms with van der Waals surface area (Å²) in [5.41, 5.74) is 0.923. The van der Waals surface area contributed by atoms with Gasteiger partial charge in [0.1, 0.15) is 11.9 Å². The molecule has 1 aromatic heterocycles. The monoisotopic (exact) mass is 369 g/mol. The predicted molar refractivity (Wildman–Crippen MR) is 108 cm³/mol. The van der Waals surface area contributed by atoms with Crippen molar-refractivity contribution in [1.82, 2.24) is 10.6 Å². The number of benzene rings is 2. The molecule has 2 aromatic carbocycles. The number of guanidine groups is 1. The number of hydrogen-bond donors (Lipinski definition) is 4. The predicted octanol–water partition coefficient (Wildman–Crippen LogP) is 3.40. The van der Waals surface area contributed by atoms with Gasteiger partial charge in [0.25, 0.3) is 0 Å². The third kappa shape index (κ3) is 4.74. The van der Waals surface area contributed by atoms with E-state index >= 15 is 0 Å². The van der Waals surface area contributed by atoms with E-state index in [1.807, 2.05) is 31.2 Å². The molecule has 0 saturated heterocycles. The number of nitrogens with one attached hydrogen (secondary N) is 2. The molecule has 6 heteroatoms. The Morgan fingerprint density at radius 3 is 2.73 bits per heavy atom. The molecule has 0 aliphatic heterocycles. The van der Waals surface area contributed by atoms with E-state index in [1.54, 1.807) is 29.5 Å². The van der Waals surface area contributed by atoms with Crippen LogP contribution in [0.15, 0.2) is 59.6 Å². The maximum absolute atomic E-state index is 10.5. The van der Waals surface area contributed by atoms with Gasteiger partial charge in [0, 0.05) is 22.7 Å². The molecule has 0 spiro atoms. The molecular weight excluding hydrogens is 346 g/mol. The van der Waals surface area contributed by atoms with Crippen LogP contribution < -0.4 is 10.6 Å². The van der Waals surface area contributed by atoms with Gasteiger partial charge in [-0.2, -0.15) is 0 Å². The quantitative estimate of drug-likeness (QED) is 0.397. The minimum atomic E-state index is -0.600. The van der Waals surface area contributed by atoms with Crippen molar-refractivity contribution in [1.29, 1.82) is 0 Å². The molecule has 1 unspecified atom stereocenters. The van der Waals surface area contributed by atoms with Crippen LogP contribution in [0.1, 0.15) is 23.5 Å². The summed E-state index contributed by atoms with van der Waals surface area (Å²) in [5, 5.41) is 27.5. The van der Waals surface area contributed by atoms with Gasteiger partial charge >= 0.3 is 0 Å². The van der Waals surface area contributed by atoms with E-state index < -0.39 is 6.10 Å². The Balaban J connectivity index is 1.62. The first-order valence-electron chi connectivity index (χ1n) is 8.62. The van der Waals surface area contributed by atoms with Gasteiger partial charge in [-0.3, -0.25) is 0 Å². The molecule has 0 aliphatic rings. The fraction of sp³-hybridized carbons (Fsp3) is 0.250. The number of nitrogens with zero attached hydrogens (tertiary/aromatic N) is 1. The molecule has 3 aromatic rings. The lowest BCUT2D eigenvalue weighted by Crippen LogP contribution is -2.39. The van der Waals surface area contributed by atoms with E-state index in [2.05, 4.69) is 27.8 Å². The molecule has 3 rings (SSSR count). The minimum Gasteiger partial charge on any atom is -0.508 e. The summed E-state index contributed by atoms with van der Waals surface area (Å²) < 4.78 is 1.17. The van der Waals surface area contributed by atoms with E-state index in [1.165, 1.54) is 4.70 Å². The smallest absolute Gasteiger partial charge is 0.191 e. The SMILES string of the molecule is CCNC(=NCc1cccc(O)c1)NCC(O)c1cc2ccccc2s1. The average molecular weight is 369 g/mol. The second-order valence-corrected chi connectivity index (χ2v) is 7.06. The summed E-state index contributed by atoms with van der Waals surface area (Å²) in [6.45, 7) is 3.54. The molecule has 0 bridgehead atoms. The van der Waals surface area contributed by atoms with Crippen molar-refractivity contribution in [3.05, 3.63) is 65.0 Å². The Morgan fingerprint density at radius 2 is 1.96 bits per heavy atom. The van der Waals surface area contributed by atoms with Crippen LogP contribution in [-0.4, -0.2) is 29.3 Å². The van der Waals surface area contributed by atoms with Crippen molar-refractivity contribution in [2.24, 2.45) is 4.99 Å². The molecule has 0 amide bonds. The number of aliphatic imine (C=N–C) groups is 1. The Morgan fingerprint density at radius 1 is 1.12 bits per heavy atom. The molecule has 26 heavy (non-hydrogen) atoms. The maximum atomic E-state index is 10.5. The molecule has 136 valence electrons.